The van der Waals surface area contributed by atoms with Gasteiger partial charge in [0.05, 0.1) is 5.56 Å². The molecular formula is C13H15F3O2. The molecule has 2 nitrogen and oxygen atoms in total. The maximum atomic E-state index is 12.6. The molecule has 0 saturated heterocycles. The first-order valence-electron chi connectivity index (χ1n) is 5.56. The molecule has 0 amide bonds. The first-order valence-corrected chi connectivity index (χ1v) is 5.56. The summed E-state index contributed by atoms with van der Waals surface area (Å²) in [5.41, 5.74) is -1.44. The van der Waals surface area contributed by atoms with Crippen molar-refractivity contribution >= 4 is 5.97 Å². The summed E-state index contributed by atoms with van der Waals surface area (Å²) in [6.45, 7) is 4.59. The maximum Gasteiger partial charge on any atom is 0.416 e. The molecule has 0 aliphatic heterocycles. The Morgan fingerprint density at radius 1 is 1.28 bits per heavy atom. The van der Waals surface area contributed by atoms with Crippen LogP contribution in [0.25, 0.3) is 0 Å². The Labute approximate surface area is 104 Å². The number of halogens is 3. The van der Waals surface area contributed by atoms with Gasteiger partial charge in [-0.05, 0) is 31.0 Å². The molecule has 1 unspecified atom stereocenters. The SMILES string of the molecule is CCC(C)(OC(C)=O)c1cccc(C(F)(F)F)c1. The molecule has 0 N–H and O–H groups in total. The predicted molar refractivity (Wildman–Crippen MR) is 60.9 cm³/mol. The molecule has 0 heterocycles. The van der Waals surface area contributed by atoms with Gasteiger partial charge >= 0.3 is 12.1 Å². The minimum atomic E-state index is -4.40. The topological polar surface area (TPSA) is 26.3 Å². The Morgan fingerprint density at radius 2 is 1.83 bits per heavy atom. The monoisotopic (exact) mass is 260 g/mol. The highest BCUT2D eigenvalue weighted by atomic mass is 19.4. The summed E-state index contributed by atoms with van der Waals surface area (Å²) in [7, 11) is 0. The van der Waals surface area contributed by atoms with Crippen LogP contribution in [0.3, 0.4) is 0 Å². The standard InChI is InChI=1S/C13H15F3O2/c1-4-12(3,18-9(2)17)10-6-5-7-11(8-10)13(14,15)16/h5-8H,4H2,1-3H3. The van der Waals surface area contributed by atoms with E-state index in [1.165, 1.54) is 19.1 Å². The molecule has 100 valence electrons. The van der Waals surface area contributed by atoms with Crippen molar-refractivity contribution in [3.8, 4) is 0 Å². The molecule has 0 aliphatic carbocycles. The van der Waals surface area contributed by atoms with Crippen molar-refractivity contribution in [1.82, 2.24) is 0 Å². The molecule has 0 aliphatic rings. The molecule has 1 atom stereocenters. The van der Waals surface area contributed by atoms with Gasteiger partial charge in [0.2, 0.25) is 0 Å². The molecule has 0 radical (unpaired) electrons. The molecule has 1 rings (SSSR count). The van der Waals surface area contributed by atoms with E-state index in [2.05, 4.69) is 0 Å². The normalized spacial score (nSPS) is 15.0. The zero-order valence-corrected chi connectivity index (χ0v) is 10.5. The summed E-state index contributed by atoms with van der Waals surface area (Å²) >= 11 is 0. The fourth-order valence-corrected chi connectivity index (χ4v) is 1.68. The summed E-state index contributed by atoms with van der Waals surface area (Å²) in [5.74, 6) is -0.517. The summed E-state index contributed by atoms with van der Waals surface area (Å²) in [4.78, 5) is 11.0. The summed E-state index contributed by atoms with van der Waals surface area (Å²) in [5, 5.41) is 0. The lowest BCUT2D eigenvalue weighted by Crippen LogP contribution is -2.27. The van der Waals surface area contributed by atoms with Gasteiger partial charge in [0.25, 0.3) is 0 Å². The highest BCUT2D eigenvalue weighted by Gasteiger charge is 2.34. The Hall–Kier alpha value is -1.52. The molecule has 0 aromatic heterocycles. The van der Waals surface area contributed by atoms with Gasteiger partial charge in [0.15, 0.2) is 0 Å². The second kappa shape index (κ2) is 5.00. The predicted octanol–water partition coefficient (Wildman–Crippen LogP) is 3.89. The van der Waals surface area contributed by atoms with Crippen LogP contribution in [0.2, 0.25) is 0 Å². The maximum absolute atomic E-state index is 12.6. The number of rotatable bonds is 3. The number of carbonyl (C=O) groups excluding carboxylic acids is 1. The van der Waals surface area contributed by atoms with E-state index in [4.69, 9.17) is 4.74 Å². The van der Waals surface area contributed by atoms with Crippen LogP contribution in [0.1, 0.15) is 38.3 Å². The molecule has 1 aromatic carbocycles. The third-order valence-corrected chi connectivity index (χ3v) is 2.84. The number of hydrogen-bond donors (Lipinski definition) is 0. The summed E-state index contributed by atoms with van der Waals surface area (Å²) in [6, 6.07) is 4.86. The molecule has 0 saturated carbocycles. The number of hydrogen-bond acceptors (Lipinski definition) is 2. The third kappa shape index (κ3) is 3.24. The van der Waals surface area contributed by atoms with E-state index in [0.29, 0.717) is 12.0 Å². The van der Waals surface area contributed by atoms with E-state index < -0.39 is 23.3 Å². The van der Waals surface area contributed by atoms with Crippen LogP contribution in [0.4, 0.5) is 13.2 Å². The molecule has 18 heavy (non-hydrogen) atoms. The van der Waals surface area contributed by atoms with Crippen LogP contribution in [0.15, 0.2) is 24.3 Å². The zero-order valence-electron chi connectivity index (χ0n) is 10.5. The zero-order chi connectivity index (χ0) is 14.0. The van der Waals surface area contributed by atoms with Gasteiger partial charge in [0.1, 0.15) is 5.60 Å². The van der Waals surface area contributed by atoms with Crippen LogP contribution in [-0.2, 0) is 21.3 Å². The van der Waals surface area contributed by atoms with Crippen molar-refractivity contribution < 1.29 is 22.7 Å². The van der Waals surface area contributed by atoms with Crippen LogP contribution < -0.4 is 0 Å². The van der Waals surface area contributed by atoms with E-state index in [1.54, 1.807) is 13.8 Å². The van der Waals surface area contributed by atoms with Crippen LogP contribution in [-0.4, -0.2) is 5.97 Å². The molecule has 0 fully saturated rings. The van der Waals surface area contributed by atoms with Crippen molar-refractivity contribution in [3.63, 3.8) is 0 Å². The summed E-state index contributed by atoms with van der Waals surface area (Å²) in [6.07, 6.45) is -4.01. The Balaban J connectivity index is 3.19. The van der Waals surface area contributed by atoms with Crippen molar-refractivity contribution in [2.24, 2.45) is 0 Å². The van der Waals surface area contributed by atoms with Crippen molar-refractivity contribution in [2.75, 3.05) is 0 Å². The van der Waals surface area contributed by atoms with Gasteiger partial charge in [-0.25, -0.2) is 0 Å². The van der Waals surface area contributed by atoms with E-state index in [9.17, 15) is 18.0 Å². The molecule has 0 spiro atoms. The minimum absolute atomic E-state index is 0.343. The van der Waals surface area contributed by atoms with Gasteiger partial charge in [-0.2, -0.15) is 13.2 Å². The van der Waals surface area contributed by atoms with E-state index in [-0.39, 0.29) is 0 Å². The van der Waals surface area contributed by atoms with Gasteiger partial charge in [-0.1, -0.05) is 19.1 Å². The number of ether oxygens (including phenoxy) is 1. The molecular weight excluding hydrogens is 245 g/mol. The van der Waals surface area contributed by atoms with Crippen LogP contribution >= 0.6 is 0 Å². The van der Waals surface area contributed by atoms with E-state index in [1.807, 2.05) is 0 Å². The van der Waals surface area contributed by atoms with Gasteiger partial charge < -0.3 is 4.74 Å². The average Bonchev–Trinajstić information content (AvgIpc) is 2.27. The van der Waals surface area contributed by atoms with E-state index in [0.717, 1.165) is 12.1 Å². The minimum Gasteiger partial charge on any atom is -0.455 e. The first-order chi connectivity index (χ1) is 8.19. The highest BCUT2D eigenvalue weighted by Crippen LogP contribution is 2.34. The fourth-order valence-electron chi connectivity index (χ4n) is 1.68. The largest absolute Gasteiger partial charge is 0.455 e. The lowest BCUT2D eigenvalue weighted by atomic mass is 9.91. The smallest absolute Gasteiger partial charge is 0.416 e. The second-order valence-corrected chi connectivity index (χ2v) is 4.26. The quantitative estimate of drug-likeness (QED) is 0.770. The lowest BCUT2D eigenvalue weighted by molar-refractivity contribution is -0.156. The Kier molecular flexibility index (Phi) is 4.04. The van der Waals surface area contributed by atoms with Gasteiger partial charge in [-0.3, -0.25) is 4.79 Å². The summed E-state index contributed by atoms with van der Waals surface area (Å²) < 4.78 is 43.0. The third-order valence-electron chi connectivity index (χ3n) is 2.84. The molecule has 0 bridgehead atoms. The molecule has 1 aromatic rings. The Bertz CT molecular complexity index is 440. The number of benzene rings is 1. The highest BCUT2D eigenvalue weighted by molar-refractivity contribution is 5.66. The Morgan fingerprint density at radius 3 is 2.28 bits per heavy atom. The van der Waals surface area contributed by atoms with Gasteiger partial charge in [0, 0.05) is 6.92 Å². The fraction of sp³-hybridized carbons (Fsp3) is 0.462. The molecule has 5 heteroatoms. The lowest BCUT2D eigenvalue weighted by Gasteiger charge is -2.29. The van der Waals surface area contributed by atoms with Crippen LogP contribution in [0, 0.1) is 0 Å². The van der Waals surface area contributed by atoms with Crippen LogP contribution in [0.5, 0.6) is 0 Å². The first kappa shape index (κ1) is 14.5. The van der Waals surface area contributed by atoms with Gasteiger partial charge in [-0.15, -0.1) is 0 Å². The number of carbonyl (C=O) groups is 1. The second-order valence-electron chi connectivity index (χ2n) is 4.26. The van der Waals surface area contributed by atoms with E-state index >= 15 is 0 Å². The number of alkyl halides is 3. The van der Waals surface area contributed by atoms with Crippen molar-refractivity contribution in [1.29, 1.82) is 0 Å². The average molecular weight is 260 g/mol. The van der Waals surface area contributed by atoms with Crippen molar-refractivity contribution in [2.45, 2.75) is 39.0 Å². The van der Waals surface area contributed by atoms with Crippen molar-refractivity contribution in [3.05, 3.63) is 35.4 Å². The number of esters is 1.